The molecule has 0 spiro atoms. The lowest BCUT2D eigenvalue weighted by molar-refractivity contribution is -0.496. The van der Waals surface area contributed by atoms with Crippen LogP contribution in [0.1, 0.15) is 30.5 Å². The molecule has 1 aromatic rings. The van der Waals surface area contributed by atoms with Gasteiger partial charge in [0.15, 0.2) is 0 Å². The van der Waals surface area contributed by atoms with E-state index in [-0.39, 0.29) is 0 Å². The number of hydrogen-bond acceptors (Lipinski definition) is 2. The quantitative estimate of drug-likeness (QED) is 0.730. The molecule has 0 saturated carbocycles. The Balaban J connectivity index is 2.36. The SMILES string of the molecule is CCNc1cc2oc3cc(=[NH+]CC)c(C)cc-3c(C)c2cc1C. The van der Waals surface area contributed by atoms with Gasteiger partial charge in [-0.1, -0.05) is 0 Å². The molecule has 23 heavy (non-hydrogen) atoms. The van der Waals surface area contributed by atoms with E-state index in [4.69, 9.17) is 4.42 Å². The maximum absolute atomic E-state index is 6.23. The van der Waals surface area contributed by atoms with Crippen LogP contribution in [0.15, 0.2) is 28.7 Å². The molecule has 3 nitrogen and oxygen atoms in total. The van der Waals surface area contributed by atoms with Gasteiger partial charge in [-0.3, -0.25) is 0 Å². The minimum absolute atomic E-state index is 0.905. The molecule has 0 fully saturated rings. The highest BCUT2D eigenvalue weighted by Crippen LogP contribution is 2.34. The van der Waals surface area contributed by atoms with Crippen molar-refractivity contribution >= 4 is 16.7 Å². The first-order valence-electron chi connectivity index (χ1n) is 8.34. The Hall–Kier alpha value is -2.29. The maximum atomic E-state index is 6.23. The minimum Gasteiger partial charge on any atom is -0.456 e. The van der Waals surface area contributed by atoms with Gasteiger partial charge in [-0.15, -0.1) is 0 Å². The number of rotatable bonds is 3. The molecule has 3 rings (SSSR count). The highest BCUT2D eigenvalue weighted by molar-refractivity contribution is 5.90. The number of hydrogen-bond donors (Lipinski definition) is 2. The third-order valence-corrected chi connectivity index (χ3v) is 4.42. The average molecular weight is 309 g/mol. The number of aryl methyl sites for hydroxylation is 3. The van der Waals surface area contributed by atoms with Crippen molar-refractivity contribution in [3.8, 4) is 11.3 Å². The van der Waals surface area contributed by atoms with E-state index in [0.717, 1.165) is 35.5 Å². The summed E-state index contributed by atoms with van der Waals surface area (Å²) >= 11 is 0. The van der Waals surface area contributed by atoms with E-state index in [1.165, 1.54) is 27.6 Å². The van der Waals surface area contributed by atoms with Crippen LogP contribution < -0.4 is 15.7 Å². The van der Waals surface area contributed by atoms with Crippen LogP contribution in [0.4, 0.5) is 5.69 Å². The molecular weight excluding hydrogens is 284 g/mol. The minimum atomic E-state index is 0.905. The fourth-order valence-corrected chi connectivity index (χ4v) is 3.16. The predicted octanol–water partition coefficient (Wildman–Crippen LogP) is 2.90. The van der Waals surface area contributed by atoms with Crippen molar-refractivity contribution in [2.75, 3.05) is 18.4 Å². The van der Waals surface area contributed by atoms with E-state index in [2.05, 4.69) is 69.2 Å². The lowest BCUT2D eigenvalue weighted by Gasteiger charge is -2.15. The molecule has 3 heteroatoms. The van der Waals surface area contributed by atoms with Gasteiger partial charge in [0.1, 0.15) is 17.9 Å². The molecule has 1 aliphatic carbocycles. The molecule has 2 aliphatic rings. The fraction of sp³-hybridized carbons (Fsp3) is 0.350. The summed E-state index contributed by atoms with van der Waals surface area (Å²) in [4.78, 5) is 3.40. The van der Waals surface area contributed by atoms with Gasteiger partial charge in [0.25, 0.3) is 0 Å². The van der Waals surface area contributed by atoms with Crippen LogP contribution >= 0.6 is 0 Å². The summed E-state index contributed by atoms with van der Waals surface area (Å²) in [5.74, 6) is 0.933. The van der Waals surface area contributed by atoms with E-state index in [0.29, 0.717) is 0 Å². The van der Waals surface area contributed by atoms with Crippen LogP contribution in [0.5, 0.6) is 0 Å². The van der Waals surface area contributed by atoms with Crippen LogP contribution in [0.25, 0.3) is 22.3 Å². The Kier molecular flexibility index (Phi) is 4.12. The molecule has 0 saturated heterocycles. The van der Waals surface area contributed by atoms with Crippen LogP contribution in [-0.2, 0) is 0 Å². The highest BCUT2D eigenvalue weighted by Gasteiger charge is 2.16. The molecule has 2 N–H and O–H groups in total. The molecule has 1 aromatic carbocycles. The molecule has 0 bridgehead atoms. The van der Waals surface area contributed by atoms with Crippen molar-refractivity contribution in [2.45, 2.75) is 34.6 Å². The summed E-state index contributed by atoms with van der Waals surface area (Å²) in [5.41, 5.74) is 7.03. The van der Waals surface area contributed by atoms with Gasteiger partial charge in [-0.2, -0.15) is 0 Å². The number of benzene rings is 2. The van der Waals surface area contributed by atoms with Gasteiger partial charge < -0.3 is 9.73 Å². The molecule has 120 valence electrons. The Morgan fingerprint density at radius 1 is 1.00 bits per heavy atom. The second-order valence-electron chi connectivity index (χ2n) is 6.11. The molecule has 0 unspecified atom stereocenters. The third kappa shape index (κ3) is 2.72. The standard InChI is InChI=1S/C20H24N2O/c1-6-21-17-10-19-15(8-12(17)3)14(5)16-9-13(4)18(22-7-2)11-20(16)23-19/h8-11,21H,6-7H2,1-5H3/p+1. The molecule has 0 aromatic heterocycles. The summed E-state index contributed by atoms with van der Waals surface area (Å²) in [7, 11) is 0. The van der Waals surface area contributed by atoms with Crippen LogP contribution in [-0.4, -0.2) is 13.1 Å². The van der Waals surface area contributed by atoms with E-state index in [9.17, 15) is 0 Å². The molecule has 0 atom stereocenters. The first-order valence-corrected chi connectivity index (χ1v) is 8.34. The summed E-state index contributed by atoms with van der Waals surface area (Å²) in [6, 6.07) is 8.68. The molecular formula is C20H25N2O+. The Morgan fingerprint density at radius 2 is 1.78 bits per heavy atom. The maximum Gasteiger partial charge on any atom is 0.204 e. The molecule has 1 heterocycles. The zero-order chi connectivity index (χ0) is 16.6. The average Bonchev–Trinajstić information content (AvgIpc) is 2.52. The van der Waals surface area contributed by atoms with Crippen molar-refractivity contribution in [1.82, 2.24) is 0 Å². The first-order chi connectivity index (χ1) is 11.0. The number of nitrogens with one attached hydrogen (secondary N) is 2. The van der Waals surface area contributed by atoms with Gasteiger partial charge in [0.05, 0.1) is 6.07 Å². The van der Waals surface area contributed by atoms with E-state index in [1.807, 2.05) is 0 Å². The Morgan fingerprint density at radius 3 is 2.48 bits per heavy atom. The predicted molar refractivity (Wildman–Crippen MR) is 95.8 cm³/mol. The van der Waals surface area contributed by atoms with Crippen LogP contribution in [0.2, 0.25) is 0 Å². The number of anilines is 1. The van der Waals surface area contributed by atoms with Crippen LogP contribution in [0, 0.1) is 20.8 Å². The van der Waals surface area contributed by atoms with Gasteiger partial charge in [-0.25, -0.2) is 4.99 Å². The largest absolute Gasteiger partial charge is 0.456 e. The highest BCUT2D eigenvalue weighted by atomic mass is 16.3. The topological polar surface area (TPSA) is 39.1 Å². The van der Waals surface area contributed by atoms with Crippen molar-refractivity contribution in [3.63, 3.8) is 0 Å². The first kappa shape index (κ1) is 15.6. The Bertz CT molecular complexity index is 906. The number of fused-ring (bicyclic) bond motifs is 2. The van der Waals surface area contributed by atoms with Crippen LogP contribution in [0.3, 0.4) is 0 Å². The van der Waals surface area contributed by atoms with E-state index in [1.54, 1.807) is 0 Å². The zero-order valence-corrected chi connectivity index (χ0v) is 14.6. The van der Waals surface area contributed by atoms with Gasteiger partial charge in [-0.05, 0) is 57.9 Å². The summed E-state index contributed by atoms with van der Waals surface area (Å²) in [5, 5.41) is 5.73. The molecule has 0 radical (unpaired) electrons. The molecule has 1 aliphatic heterocycles. The summed E-state index contributed by atoms with van der Waals surface area (Å²) < 4.78 is 6.23. The van der Waals surface area contributed by atoms with E-state index >= 15 is 0 Å². The third-order valence-electron chi connectivity index (χ3n) is 4.42. The van der Waals surface area contributed by atoms with Gasteiger partial charge >= 0.3 is 0 Å². The lowest BCUT2D eigenvalue weighted by Crippen LogP contribution is -2.76. The normalized spacial score (nSPS) is 12.3. The Labute approximate surface area is 137 Å². The van der Waals surface area contributed by atoms with Crippen molar-refractivity contribution in [2.24, 2.45) is 0 Å². The summed E-state index contributed by atoms with van der Waals surface area (Å²) in [6.07, 6.45) is 0. The molecule has 0 amide bonds. The lowest BCUT2D eigenvalue weighted by atomic mass is 9.97. The van der Waals surface area contributed by atoms with E-state index < -0.39 is 0 Å². The van der Waals surface area contributed by atoms with Crippen molar-refractivity contribution in [1.29, 1.82) is 0 Å². The smallest absolute Gasteiger partial charge is 0.204 e. The second-order valence-corrected chi connectivity index (χ2v) is 6.11. The summed E-state index contributed by atoms with van der Waals surface area (Å²) in [6.45, 7) is 12.5. The van der Waals surface area contributed by atoms with Crippen molar-refractivity contribution in [3.05, 3.63) is 46.3 Å². The van der Waals surface area contributed by atoms with Crippen molar-refractivity contribution < 1.29 is 9.41 Å². The van der Waals surface area contributed by atoms with Gasteiger partial charge in [0, 0.05) is 34.8 Å². The fourth-order valence-electron chi connectivity index (χ4n) is 3.16. The zero-order valence-electron chi connectivity index (χ0n) is 14.6. The van der Waals surface area contributed by atoms with Gasteiger partial charge in [0.2, 0.25) is 5.36 Å². The monoisotopic (exact) mass is 309 g/mol. The second kappa shape index (κ2) is 6.07.